The predicted molar refractivity (Wildman–Crippen MR) is 73.7 cm³/mol. The second-order valence-corrected chi connectivity index (χ2v) is 4.39. The van der Waals surface area contributed by atoms with E-state index in [1.54, 1.807) is 0 Å². The van der Waals surface area contributed by atoms with Gasteiger partial charge < -0.3 is 15.2 Å². The zero-order valence-corrected chi connectivity index (χ0v) is 11.1. The van der Waals surface area contributed by atoms with Gasteiger partial charge in [-0.1, -0.05) is 17.7 Å². The molecule has 98 valence electrons. The first-order valence-electron chi connectivity index (χ1n) is 6.15. The lowest BCUT2D eigenvalue weighted by molar-refractivity contribution is 0.106. The zero-order chi connectivity index (χ0) is 13.4. The fourth-order valence-corrected chi connectivity index (χ4v) is 1.64. The van der Waals surface area contributed by atoms with Gasteiger partial charge in [-0.05, 0) is 25.5 Å². The van der Waals surface area contributed by atoms with Crippen LogP contribution in [0.5, 0.6) is 5.75 Å². The van der Waals surface area contributed by atoms with E-state index in [0.717, 1.165) is 17.9 Å². The molecule has 3 nitrogen and oxygen atoms in total. The molecule has 1 aromatic carbocycles. The smallest absolute Gasteiger partial charge is 0.122 e. The number of benzene rings is 1. The molecule has 0 spiro atoms. The molecular weight excluding hydrogens is 226 g/mol. The van der Waals surface area contributed by atoms with Crippen LogP contribution in [0, 0.1) is 26.2 Å². The monoisotopic (exact) mass is 247 g/mol. The molecule has 0 radical (unpaired) electrons. The van der Waals surface area contributed by atoms with Gasteiger partial charge in [-0.25, -0.2) is 0 Å². The minimum atomic E-state index is -0.525. The minimum absolute atomic E-state index is 0.285. The van der Waals surface area contributed by atoms with Crippen LogP contribution >= 0.6 is 0 Å². The first-order valence-corrected chi connectivity index (χ1v) is 6.15. The summed E-state index contributed by atoms with van der Waals surface area (Å²) in [5, 5.41) is 12.8. The molecule has 0 saturated carbocycles. The maximum absolute atomic E-state index is 9.72. The van der Waals surface area contributed by atoms with Crippen LogP contribution in [0.4, 0.5) is 0 Å². The summed E-state index contributed by atoms with van der Waals surface area (Å²) < 4.78 is 5.58. The average Bonchev–Trinajstić information content (AvgIpc) is 2.33. The van der Waals surface area contributed by atoms with Gasteiger partial charge >= 0.3 is 0 Å². The fraction of sp³-hybridized carbons (Fsp3) is 0.467. The highest BCUT2D eigenvalue weighted by atomic mass is 16.5. The highest BCUT2D eigenvalue weighted by Crippen LogP contribution is 2.18. The molecule has 0 bridgehead atoms. The first-order chi connectivity index (χ1) is 8.63. The van der Waals surface area contributed by atoms with Crippen molar-refractivity contribution in [2.45, 2.75) is 26.4 Å². The molecule has 0 aliphatic rings. The molecule has 0 fully saturated rings. The lowest BCUT2D eigenvalue weighted by Crippen LogP contribution is -2.32. The van der Waals surface area contributed by atoms with Crippen LogP contribution in [0.1, 0.15) is 17.5 Å². The highest BCUT2D eigenvalue weighted by Gasteiger charge is 2.06. The molecule has 1 unspecified atom stereocenters. The quantitative estimate of drug-likeness (QED) is 0.569. The molecule has 3 heteroatoms. The van der Waals surface area contributed by atoms with Crippen LogP contribution in [-0.2, 0) is 0 Å². The van der Waals surface area contributed by atoms with Crippen molar-refractivity contribution in [2.75, 3.05) is 19.7 Å². The molecule has 0 aromatic heterocycles. The molecular formula is C15H21NO2. The molecule has 2 N–H and O–H groups in total. The summed E-state index contributed by atoms with van der Waals surface area (Å²) >= 11 is 0. The van der Waals surface area contributed by atoms with Crippen LogP contribution in [0.15, 0.2) is 18.2 Å². The SMILES string of the molecule is C#CCCNCC(O)COc1ccc(C)cc1C. The van der Waals surface area contributed by atoms with Gasteiger partial charge in [-0.2, -0.15) is 0 Å². The Morgan fingerprint density at radius 3 is 2.89 bits per heavy atom. The van der Waals surface area contributed by atoms with Gasteiger partial charge in [0.1, 0.15) is 18.5 Å². The average molecular weight is 247 g/mol. The van der Waals surface area contributed by atoms with Gasteiger partial charge in [-0.3, -0.25) is 0 Å². The van der Waals surface area contributed by atoms with Crippen LogP contribution in [-0.4, -0.2) is 30.9 Å². The number of hydrogen-bond donors (Lipinski definition) is 2. The van der Waals surface area contributed by atoms with Gasteiger partial charge in [-0.15, -0.1) is 12.3 Å². The van der Waals surface area contributed by atoms with Gasteiger partial charge in [0.15, 0.2) is 0 Å². The van der Waals surface area contributed by atoms with Crippen LogP contribution in [0.25, 0.3) is 0 Å². The van der Waals surface area contributed by atoms with Crippen molar-refractivity contribution in [3.05, 3.63) is 29.3 Å². The summed E-state index contributed by atoms with van der Waals surface area (Å²) in [5.74, 6) is 3.36. The van der Waals surface area contributed by atoms with E-state index in [1.165, 1.54) is 5.56 Å². The summed E-state index contributed by atoms with van der Waals surface area (Å²) in [7, 11) is 0. The summed E-state index contributed by atoms with van der Waals surface area (Å²) in [5.41, 5.74) is 2.29. The lowest BCUT2D eigenvalue weighted by atomic mass is 10.1. The van der Waals surface area contributed by atoms with Crippen molar-refractivity contribution in [3.63, 3.8) is 0 Å². The molecule has 0 aliphatic carbocycles. The Labute approximate surface area is 109 Å². The normalized spacial score (nSPS) is 11.9. The first kappa shape index (κ1) is 14.6. The molecule has 0 amide bonds. The zero-order valence-electron chi connectivity index (χ0n) is 11.1. The number of aliphatic hydroxyl groups is 1. The second kappa shape index (κ2) is 7.75. The Bertz CT molecular complexity index is 409. The van der Waals surface area contributed by atoms with Gasteiger partial charge in [0.05, 0.1) is 0 Å². The fourth-order valence-electron chi connectivity index (χ4n) is 1.64. The van der Waals surface area contributed by atoms with E-state index in [9.17, 15) is 5.11 Å². The Morgan fingerprint density at radius 1 is 1.44 bits per heavy atom. The Kier molecular flexibility index (Phi) is 6.27. The van der Waals surface area contributed by atoms with Gasteiger partial charge in [0, 0.05) is 19.5 Å². The van der Waals surface area contributed by atoms with Crippen molar-refractivity contribution >= 4 is 0 Å². The van der Waals surface area contributed by atoms with Crippen molar-refractivity contribution in [2.24, 2.45) is 0 Å². The minimum Gasteiger partial charge on any atom is -0.491 e. The number of rotatable bonds is 7. The van der Waals surface area contributed by atoms with Crippen LogP contribution in [0.2, 0.25) is 0 Å². The van der Waals surface area contributed by atoms with Gasteiger partial charge in [0.25, 0.3) is 0 Å². The Hall–Kier alpha value is -1.50. The standard InChI is InChI=1S/C15H21NO2/c1-4-5-8-16-10-14(17)11-18-15-7-6-12(2)9-13(15)3/h1,6-7,9,14,16-17H,5,8,10-11H2,2-3H3. The van der Waals surface area contributed by atoms with Crippen molar-refractivity contribution in [1.29, 1.82) is 0 Å². The summed E-state index contributed by atoms with van der Waals surface area (Å²) in [6.07, 6.45) is 5.28. The van der Waals surface area contributed by atoms with Crippen LogP contribution < -0.4 is 10.1 Å². The predicted octanol–water partition coefficient (Wildman–Crippen LogP) is 1.66. The molecule has 0 heterocycles. The molecule has 18 heavy (non-hydrogen) atoms. The van der Waals surface area contributed by atoms with Crippen molar-refractivity contribution < 1.29 is 9.84 Å². The maximum Gasteiger partial charge on any atom is 0.122 e. The summed E-state index contributed by atoms with van der Waals surface area (Å²) in [6, 6.07) is 6.00. The van der Waals surface area contributed by atoms with E-state index >= 15 is 0 Å². The van der Waals surface area contributed by atoms with Crippen molar-refractivity contribution in [1.82, 2.24) is 5.32 Å². The third kappa shape index (κ3) is 5.22. The molecule has 1 aromatic rings. The number of terminal acetylenes is 1. The topological polar surface area (TPSA) is 41.5 Å². The number of nitrogens with one attached hydrogen (secondary N) is 1. The van der Waals surface area contributed by atoms with E-state index < -0.39 is 6.10 Å². The maximum atomic E-state index is 9.72. The number of aliphatic hydroxyl groups excluding tert-OH is 1. The Morgan fingerprint density at radius 2 is 2.22 bits per heavy atom. The van der Waals surface area contributed by atoms with Crippen molar-refractivity contribution in [3.8, 4) is 18.1 Å². The number of hydrogen-bond acceptors (Lipinski definition) is 3. The highest BCUT2D eigenvalue weighted by molar-refractivity contribution is 5.35. The molecule has 1 atom stereocenters. The molecule has 0 aliphatic heterocycles. The number of ether oxygens (including phenoxy) is 1. The van der Waals surface area contributed by atoms with E-state index in [-0.39, 0.29) is 6.61 Å². The molecule has 1 rings (SSSR count). The van der Waals surface area contributed by atoms with Crippen LogP contribution in [0.3, 0.4) is 0 Å². The lowest BCUT2D eigenvalue weighted by Gasteiger charge is -2.14. The largest absolute Gasteiger partial charge is 0.491 e. The van der Waals surface area contributed by atoms with Gasteiger partial charge in [0.2, 0.25) is 0 Å². The van der Waals surface area contributed by atoms with E-state index in [1.807, 2.05) is 26.0 Å². The van der Waals surface area contributed by atoms with E-state index in [4.69, 9.17) is 11.2 Å². The third-order valence-electron chi connectivity index (χ3n) is 2.59. The summed E-state index contributed by atoms with van der Waals surface area (Å²) in [4.78, 5) is 0. The summed E-state index contributed by atoms with van der Waals surface area (Å²) in [6.45, 7) is 5.54. The Balaban J connectivity index is 2.29. The molecule has 0 saturated heterocycles. The van der Waals surface area contributed by atoms with E-state index in [2.05, 4.69) is 17.3 Å². The van der Waals surface area contributed by atoms with E-state index in [0.29, 0.717) is 13.0 Å². The number of aryl methyl sites for hydroxylation is 2. The third-order valence-corrected chi connectivity index (χ3v) is 2.59. The second-order valence-electron chi connectivity index (χ2n) is 4.39.